The Morgan fingerprint density at radius 3 is 3.00 bits per heavy atom. The molecular formula is C14H18N4O. The van der Waals surface area contributed by atoms with E-state index in [0.29, 0.717) is 6.04 Å². The highest BCUT2D eigenvalue weighted by Gasteiger charge is 2.20. The Labute approximate surface area is 112 Å². The molecule has 2 heterocycles. The van der Waals surface area contributed by atoms with Crippen LogP contribution in [0, 0.1) is 0 Å². The minimum atomic E-state index is 0.417. The van der Waals surface area contributed by atoms with E-state index in [4.69, 9.17) is 4.52 Å². The van der Waals surface area contributed by atoms with Crippen LogP contribution >= 0.6 is 0 Å². The lowest BCUT2D eigenvalue weighted by molar-refractivity contribution is 0.201. The minimum Gasteiger partial charge on any atom is -0.343 e. The average molecular weight is 258 g/mol. The number of rotatable bonds is 4. The van der Waals surface area contributed by atoms with Gasteiger partial charge in [-0.1, -0.05) is 35.5 Å². The molecule has 0 spiro atoms. The normalized spacial score (nSPS) is 20.5. The summed E-state index contributed by atoms with van der Waals surface area (Å²) in [4.78, 5) is 6.51. The molecule has 0 saturated carbocycles. The van der Waals surface area contributed by atoms with Crippen LogP contribution in [-0.4, -0.2) is 41.2 Å². The van der Waals surface area contributed by atoms with Crippen molar-refractivity contribution in [3.63, 3.8) is 0 Å². The molecule has 0 aliphatic carbocycles. The van der Waals surface area contributed by atoms with Gasteiger partial charge in [0.25, 0.3) is 0 Å². The molecule has 5 heteroatoms. The molecule has 1 saturated heterocycles. The van der Waals surface area contributed by atoms with Gasteiger partial charge in [-0.05, 0) is 5.56 Å². The fourth-order valence-electron chi connectivity index (χ4n) is 2.48. The topological polar surface area (TPSA) is 54.2 Å². The fraction of sp³-hybridized carbons (Fsp3) is 0.429. The van der Waals surface area contributed by atoms with Crippen molar-refractivity contribution in [1.82, 2.24) is 20.4 Å². The van der Waals surface area contributed by atoms with Crippen molar-refractivity contribution >= 4 is 0 Å². The van der Waals surface area contributed by atoms with Crippen LogP contribution in [0.1, 0.15) is 17.4 Å². The zero-order valence-corrected chi connectivity index (χ0v) is 10.8. The number of nitrogens with one attached hydrogen (secondary N) is 1. The molecule has 1 aliphatic heterocycles. The van der Waals surface area contributed by atoms with E-state index in [2.05, 4.69) is 50.7 Å². The summed E-state index contributed by atoms with van der Waals surface area (Å²) in [5, 5.41) is 7.42. The molecule has 0 amide bonds. The van der Waals surface area contributed by atoms with E-state index >= 15 is 0 Å². The standard InChI is InChI=1S/C14H18N4O/c1-2-4-12(5-3-1)13-10-18(9-7-15-13)8-6-14-16-11-19-17-14/h1-5,11,13,15H,6-10H2. The predicted molar refractivity (Wildman–Crippen MR) is 71.6 cm³/mol. The van der Waals surface area contributed by atoms with Crippen molar-refractivity contribution in [3.05, 3.63) is 48.1 Å². The Balaban J connectivity index is 1.56. The smallest absolute Gasteiger partial charge is 0.213 e. The first-order valence-electron chi connectivity index (χ1n) is 6.68. The number of piperazine rings is 1. The zero-order chi connectivity index (χ0) is 12.9. The van der Waals surface area contributed by atoms with Gasteiger partial charge in [-0.3, -0.25) is 4.90 Å². The van der Waals surface area contributed by atoms with E-state index in [0.717, 1.165) is 38.4 Å². The van der Waals surface area contributed by atoms with Crippen LogP contribution in [0.4, 0.5) is 0 Å². The van der Waals surface area contributed by atoms with Crippen LogP contribution in [0.25, 0.3) is 0 Å². The highest BCUT2D eigenvalue weighted by molar-refractivity contribution is 5.19. The SMILES string of the molecule is c1ccc(C2CN(CCc3ncon3)CCN2)cc1. The van der Waals surface area contributed by atoms with Crippen LogP contribution in [0.2, 0.25) is 0 Å². The molecule has 2 aromatic rings. The Hall–Kier alpha value is -1.72. The first-order chi connectivity index (χ1) is 9.42. The molecule has 0 radical (unpaired) electrons. The van der Waals surface area contributed by atoms with Gasteiger partial charge < -0.3 is 9.84 Å². The summed E-state index contributed by atoms with van der Waals surface area (Å²) in [6, 6.07) is 11.0. The lowest BCUT2D eigenvalue weighted by atomic mass is 10.0. The van der Waals surface area contributed by atoms with E-state index in [9.17, 15) is 0 Å². The second-order valence-electron chi connectivity index (χ2n) is 4.82. The van der Waals surface area contributed by atoms with Gasteiger partial charge in [0.2, 0.25) is 6.39 Å². The summed E-state index contributed by atoms with van der Waals surface area (Å²) < 4.78 is 4.75. The van der Waals surface area contributed by atoms with E-state index in [-0.39, 0.29) is 0 Å². The third-order valence-corrected chi connectivity index (χ3v) is 3.52. The molecule has 1 aliphatic rings. The maximum Gasteiger partial charge on any atom is 0.213 e. The molecular weight excluding hydrogens is 240 g/mol. The summed E-state index contributed by atoms with van der Waals surface area (Å²) in [6.45, 7) is 4.10. The first kappa shape index (κ1) is 12.3. The summed E-state index contributed by atoms with van der Waals surface area (Å²) in [5.41, 5.74) is 1.35. The van der Waals surface area contributed by atoms with Gasteiger partial charge in [0.1, 0.15) is 0 Å². The minimum absolute atomic E-state index is 0.417. The second kappa shape index (κ2) is 5.95. The monoisotopic (exact) mass is 258 g/mol. The van der Waals surface area contributed by atoms with Gasteiger partial charge in [0.05, 0.1) is 0 Å². The molecule has 3 rings (SSSR count). The Morgan fingerprint density at radius 2 is 2.21 bits per heavy atom. The summed E-state index contributed by atoms with van der Waals surface area (Å²) in [6.07, 6.45) is 2.23. The largest absolute Gasteiger partial charge is 0.343 e. The van der Waals surface area contributed by atoms with Crippen molar-refractivity contribution in [3.8, 4) is 0 Å². The van der Waals surface area contributed by atoms with E-state index in [1.807, 2.05) is 0 Å². The molecule has 1 atom stereocenters. The number of hydrogen-bond donors (Lipinski definition) is 1. The van der Waals surface area contributed by atoms with E-state index in [1.54, 1.807) is 0 Å². The Kier molecular flexibility index (Phi) is 3.86. The summed E-state index contributed by atoms with van der Waals surface area (Å²) in [5.74, 6) is 0.787. The highest BCUT2D eigenvalue weighted by atomic mass is 16.5. The third-order valence-electron chi connectivity index (χ3n) is 3.52. The fourth-order valence-corrected chi connectivity index (χ4v) is 2.48. The molecule has 1 aromatic carbocycles. The molecule has 1 N–H and O–H groups in total. The number of benzene rings is 1. The second-order valence-corrected chi connectivity index (χ2v) is 4.82. The van der Waals surface area contributed by atoms with E-state index < -0.39 is 0 Å². The molecule has 1 fully saturated rings. The lowest BCUT2D eigenvalue weighted by Gasteiger charge is -2.33. The van der Waals surface area contributed by atoms with Crippen LogP contribution < -0.4 is 5.32 Å². The van der Waals surface area contributed by atoms with Gasteiger partial charge >= 0.3 is 0 Å². The maximum atomic E-state index is 4.75. The van der Waals surface area contributed by atoms with Gasteiger partial charge in [-0.2, -0.15) is 4.98 Å². The van der Waals surface area contributed by atoms with E-state index in [1.165, 1.54) is 12.0 Å². The van der Waals surface area contributed by atoms with Gasteiger partial charge in [0.15, 0.2) is 5.82 Å². The van der Waals surface area contributed by atoms with Crippen molar-refractivity contribution in [2.24, 2.45) is 0 Å². The molecule has 5 nitrogen and oxygen atoms in total. The first-order valence-corrected chi connectivity index (χ1v) is 6.68. The van der Waals surface area contributed by atoms with Crippen LogP contribution in [-0.2, 0) is 6.42 Å². The molecule has 1 unspecified atom stereocenters. The predicted octanol–water partition coefficient (Wildman–Crippen LogP) is 1.26. The third kappa shape index (κ3) is 3.19. The van der Waals surface area contributed by atoms with Crippen LogP contribution in [0.5, 0.6) is 0 Å². The van der Waals surface area contributed by atoms with Crippen molar-refractivity contribution in [2.75, 3.05) is 26.2 Å². The maximum absolute atomic E-state index is 4.75. The van der Waals surface area contributed by atoms with Crippen molar-refractivity contribution in [1.29, 1.82) is 0 Å². The van der Waals surface area contributed by atoms with Crippen LogP contribution in [0.3, 0.4) is 0 Å². The zero-order valence-electron chi connectivity index (χ0n) is 10.8. The molecule has 1 aromatic heterocycles. The molecule has 19 heavy (non-hydrogen) atoms. The van der Waals surface area contributed by atoms with Crippen molar-refractivity contribution in [2.45, 2.75) is 12.5 Å². The van der Waals surface area contributed by atoms with Gasteiger partial charge in [-0.25, -0.2) is 0 Å². The Morgan fingerprint density at radius 1 is 1.32 bits per heavy atom. The number of hydrogen-bond acceptors (Lipinski definition) is 5. The number of nitrogens with zero attached hydrogens (tertiary/aromatic N) is 3. The molecule has 0 bridgehead atoms. The van der Waals surface area contributed by atoms with Gasteiger partial charge in [0, 0.05) is 38.6 Å². The van der Waals surface area contributed by atoms with Crippen LogP contribution in [0.15, 0.2) is 41.2 Å². The number of aromatic nitrogens is 2. The van der Waals surface area contributed by atoms with Gasteiger partial charge in [-0.15, -0.1) is 0 Å². The molecule has 100 valence electrons. The summed E-state index contributed by atoms with van der Waals surface area (Å²) >= 11 is 0. The average Bonchev–Trinajstić information content (AvgIpc) is 3.00. The quantitative estimate of drug-likeness (QED) is 0.894. The highest BCUT2D eigenvalue weighted by Crippen LogP contribution is 2.16. The Bertz CT molecular complexity index is 485. The summed E-state index contributed by atoms with van der Waals surface area (Å²) in [7, 11) is 0. The lowest BCUT2D eigenvalue weighted by Crippen LogP contribution is -2.46. The van der Waals surface area contributed by atoms with Crippen molar-refractivity contribution < 1.29 is 4.52 Å².